The zero-order valence-corrected chi connectivity index (χ0v) is 23.7. The fourth-order valence-electron chi connectivity index (χ4n) is 7.25. The third-order valence-corrected chi connectivity index (χ3v) is 9.29. The second-order valence-corrected chi connectivity index (χ2v) is 12.2. The molecule has 2 saturated carbocycles. The third-order valence-electron chi connectivity index (χ3n) is 9.29. The Morgan fingerprint density at radius 1 is 1.05 bits per heavy atom. The number of ether oxygens (including phenoxy) is 4. The number of aliphatic hydroxyl groups excluding tert-OH is 1. The Morgan fingerprint density at radius 2 is 1.66 bits per heavy atom. The molecule has 3 aliphatic carbocycles. The topological polar surface area (TPSA) is 129 Å². The number of rotatable bonds is 4. The zero-order valence-electron chi connectivity index (χ0n) is 23.7. The number of allylic oxidation sites excluding steroid dienone is 1. The first-order chi connectivity index (χ1) is 17.6. The van der Waals surface area contributed by atoms with E-state index in [0.29, 0.717) is 17.6 Å². The molecule has 0 aromatic carbocycles. The fraction of sp³-hybridized carbons (Fsp3) is 0.724. The van der Waals surface area contributed by atoms with Crippen molar-refractivity contribution in [3.05, 3.63) is 23.3 Å². The van der Waals surface area contributed by atoms with E-state index in [0.717, 1.165) is 0 Å². The van der Waals surface area contributed by atoms with Gasteiger partial charge in [-0.1, -0.05) is 33.8 Å². The van der Waals surface area contributed by atoms with Crippen LogP contribution in [-0.4, -0.2) is 64.4 Å². The molecule has 9 heteroatoms. The SMILES string of the molecule is C/C=C(\C)C(=O)O[C@@H]1/C(C)=C\[C@@]23O[C@@]2(C[C@H](C)[C@@H]3OC(C)=O)C(=O)[C@@H](C)[C@H](OC(C)=O)[C@@H]2[C@H]([C@H]1O)C2(C)C. The van der Waals surface area contributed by atoms with E-state index in [4.69, 9.17) is 18.9 Å². The van der Waals surface area contributed by atoms with Gasteiger partial charge in [-0.3, -0.25) is 14.4 Å². The number of fused-ring (bicyclic) bond motifs is 1. The van der Waals surface area contributed by atoms with Crippen LogP contribution in [0.5, 0.6) is 0 Å². The van der Waals surface area contributed by atoms with Crippen molar-refractivity contribution in [3.63, 3.8) is 0 Å². The monoisotopic (exact) mass is 532 g/mol. The number of epoxide rings is 1. The maximum Gasteiger partial charge on any atom is 0.334 e. The summed E-state index contributed by atoms with van der Waals surface area (Å²) in [5.41, 5.74) is -2.19. The van der Waals surface area contributed by atoms with Gasteiger partial charge in [-0.25, -0.2) is 4.79 Å². The van der Waals surface area contributed by atoms with Crippen LogP contribution in [0, 0.1) is 29.1 Å². The lowest BCUT2D eigenvalue weighted by Gasteiger charge is -2.28. The van der Waals surface area contributed by atoms with Gasteiger partial charge in [0.05, 0.1) is 12.0 Å². The average molecular weight is 533 g/mol. The molecule has 10 atom stereocenters. The standard InChI is InChI=1S/C29H40O9/c1-10-13(2)26(34)37-22-14(3)11-29-25(36-18(7)31)15(4)12-28(29,38-29)24(33)16(5)23(35-17(6)30)20-19(21(22)32)27(20,8)9/h10-11,15-16,19-23,25,32H,12H2,1-9H3/b13-10+,14-11-/t15-,16-,19+,20-,21+,22+,23-,25-,28-,29-/m0/s1. The Labute approximate surface area is 223 Å². The van der Waals surface area contributed by atoms with E-state index in [1.54, 1.807) is 39.8 Å². The Kier molecular flexibility index (Phi) is 6.97. The highest BCUT2D eigenvalue weighted by atomic mass is 16.7. The first-order valence-corrected chi connectivity index (χ1v) is 13.4. The van der Waals surface area contributed by atoms with E-state index in [-0.39, 0.29) is 17.6 Å². The highest BCUT2D eigenvalue weighted by Crippen LogP contribution is 2.68. The molecule has 4 aliphatic rings. The van der Waals surface area contributed by atoms with Crippen molar-refractivity contribution in [1.82, 2.24) is 0 Å². The summed E-state index contributed by atoms with van der Waals surface area (Å²) in [7, 11) is 0. The molecule has 1 heterocycles. The smallest absolute Gasteiger partial charge is 0.334 e. The second kappa shape index (κ2) is 9.30. The zero-order chi connectivity index (χ0) is 28.5. The largest absolute Gasteiger partial charge is 0.461 e. The van der Waals surface area contributed by atoms with Crippen molar-refractivity contribution in [2.75, 3.05) is 0 Å². The summed E-state index contributed by atoms with van der Waals surface area (Å²) in [4.78, 5) is 51.3. The van der Waals surface area contributed by atoms with Gasteiger partial charge in [0.25, 0.3) is 0 Å². The summed E-state index contributed by atoms with van der Waals surface area (Å²) in [5.74, 6) is -3.56. The van der Waals surface area contributed by atoms with Gasteiger partial charge < -0.3 is 24.1 Å². The molecule has 0 aromatic heterocycles. The summed E-state index contributed by atoms with van der Waals surface area (Å²) >= 11 is 0. The molecule has 9 nitrogen and oxygen atoms in total. The Morgan fingerprint density at radius 3 is 2.21 bits per heavy atom. The molecule has 38 heavy (non-hydrogen) atoms. The molecule has 0 aromatic rings. The van der Waals surface area contributed by atoms with E-state index in [2.05, 4.69) is 0 Å². The Hall–Kier alpha value is -2.52. The van der Waals surface area contributed by atoms with Gasteiger partial charge in [0.1, 0.15) is 18.3 Å². The number of ketones is 1. The van der Waals surface area contributed by atoms with Gasteiger partial charge in [-0.2, -0.15) is 0 Å². The molecular formula is C29H40O9. The predicted molar refractivity (Wildman–Crippen MR) is 135 cm³/mol. The van der Waals surface area contributed by atoms with Crippen molar-refractivity contribution in [3.8, 4) is 0 Å². The van der Waals surface area contributed by atoms with E-state index in [1.807, 2.05) is 20.8 Å². The molecule has 0 bridgehead atoms. The van der Waals surface area contributed by atoms with Crippen molar-refractivity contribution in [1.29, 1.82) is 0 Å². The molecule has 1 saturated heterocycles. The number of Topliss-reactive ketones (excluding diaryl/α,β-unsaturated/α-hetero) is 1. The van der Waals surface area contributed by atoms with Gasteiger partial charge >= 0.3 is 17.9 Å². The summed E-state index contributed by atoms with van der Waals surface area (Å²) in [6.07, 6.45) is -0.128. The fourth-order valence-corrected chi connectivity index (χ4v) is 7.25. The van der Waals surface area contributed by atoms with Gasteiger partial charge in [0.2, 0.25) is 0 Å². The lowest BCUT2D eigenvalue weighted by molar-refractivity contribution is -0.154. The number of aliphatic hydroxyl groups is 1. The quantitative estimate of drug-likeness (QED) is 0.191. The number of carbonyl (C=O) groups is 4. The second-order valence-electron chi connectivity index (χ2n) is 12.2. The molecule has 1 aliphatic heterocycles. The minimum atomic E-state index is -1.29. The average Bonchev–Trinajstić information content (AvgIpc) is 3.62. The van der Waals surface area contributed by atoms with E-state index in [1.165, 1.54) is 13.8 Å². The Balaban J connectivity index is 1.89. The highest BCUT2D eigenvalue weighted by Gasteiger charge is 2.84. The summed E-state index contributed by atoms with van der Waals surface area (Å²) in [5, 5.41) is 11.7. The van der Waals surface area contributed by atoms with Crippen LogP contribution in [0.25, 0.3) is 0 Å². The summed E-state index contributed by atoms with van der Waals surface area (Å²) in [6.45, 7) is 15.2. The number of carbonyl (C=O) groups excluding carboxylic acids is 4. The van der Waals surface area contributed by atoms with Crippen LogP contribution >= 0.6 is 0 Å². The molecule has 1 N–H and O–H groups in total. The predicted octanol–water partition coefficient (Wildman–Crippen LogP) is 3.07. The molecular weight excluding hydrogens is 492 g/mol. The highest BCUT2D eigenvalue weighted by molar-refractivity contribution is 5.96. The van der Waals surface area contributed by atoms with E-state index in [9.17, 15) is 24.3 Å². The van der Waals surface area contributed by atoms with Crippen molar-refractivity contribution in [2.45, 2.75) is 104 Å². The van der Waals surface area contributed by atoms with Crippen LogP contribution < -0.4 is 0 Å². The van der Waals surface area contributed by atoms with Crippen LogP contribution in [0.2, 0.25) is 0 Å². The van der Waals surface area contributed by atoms with Gasteiger partial charge in [0, 0.05) is 31.3 Å². The maximum atomic E-state index is 14.2. The van der Waals surface area contributed by atoms with Crippen LogP contribution in [0.15, 0.2) is 23.3 Å². The van der Waals surface area contributed by atoms with E-state index >= 15 is 0 Å². The summed E-state index contributed by atoms with van der Waals surface area (Å²) in [6, 6.07) is 0. The molecule has 0 spiro atoms. The van der Waals surface area contributed by atoms with Crippen molar-refractivity contribution >= 4 is 23.7 Å². The van der Waals surface area contributed by atoms with Crippen LogP contribution in [-0.2, 0) is 38.1 Å². The maximum absolute atomic E-state index is 14.2. The first kappa shape index (κ1) is 28.5. The lowest BCUT2D eigenvalue weighted by atomic mass is 9.80. The van der Waals surface area contributed by atoms with Crippen molar-refractivity contribution in [2.24, 2.45) is 29.1 Å². The minimum absolute atomic E-state index is 0.204. The number of hydrogen-bond donors (Lipinski definition) is 1. The third kappa shape index (κ3) is 4.13. The molecule has 3 fully saturated rings. The van der Waals surface area contributed by atoms with Crippen molar-refractivity contribution < 1.29 is 43.2 Å². The Bertz CT molecular complexity index is 1120. The first-order valence-electron chi connectivity index (χ1n) is 13.4. The molecule has 0 radical (unpaired) electrons. The van der Waals surface area contributed by atoms with E-state index < -0.39 is 70.8 Å². The van der Waals surface area contributed by atoms with Crippen LogP contribution in [0.4, 0.5) is 0 Å². The molecule has 0 amide bonds. The molecule has 4 rings (SSSR count). The molecule has 0 unspecified atom stereocenters. The number of esters is 3. The number of hydrogen-bond acceptors (Lipinski definition) is 9. The van der Waals surface area contributed by atoms with Gasteiger partial charge in [-0.05, 0) is 50.2 Å². The van der Waals surface area contributed by atoms with Gasteiger partial charge in [-0.15, -0.1) is 0 Å². The lowest BCUT2D eigenvalue weighted by Crippen LogP contribution is -2.43. The summed E-state index contributed by atoms with van der Waals surface area (Å²) < 4.78 is 23.6. The van der Waals surface area contributed by atoms with Gasteiger partial charge in [0.15, 0.2) is 17.0 Å². The van der Waals surface area contributed by atoms with Crippen LogP contribution in [0.3, 0.4) is 0 Å². The minimum Gasteiger partial charge on any atom is -0.461 e. The van der Waals surface area contributed by atoms with Crippen LogP contribution in [0.1, 0.15) is 68.7 Å². The molecule has 210 valence electrons. The normalized spacial score (nSPS) is 44.7.